The van der Waals surface area contributed by atoms with Gasteiger partial charge in [-0.1, -0.05) is 0 Å². The maximum Gasteiger partial charge on any atom is 0.251 e. The third kappa shape index (κ3) is 3.79. The normalized spacial score (nSPS) is 10.5. The van der Waals surface area contributed by atoms with Gasteiger partial charge in [0, 0.05) is 21.5 Å². The van der Waals surface area contributed by atoms with Crippen molar-refractivity contribution in [1.82, 2.24) is 5.32 Å². The first-order chi connectivity index (χ1) is 10.0. The van der Waals surface area contributed by atoms with Crippen molar-refractivity contribution < 1.29 is 13.6 Å². The first-order valence-corrected chi connectivity index (χ1v) is 7.93. The van der Waals surface area contributed by atoms with E-state index < -0.39 is 17.5 Å². The standard InChI is InChI=1S/C14H13BrF2N2OS/c1-2-18-13-10(16)5-8(6-11(13)17)14(20)19-7-12-9(15)3-4-21-12/h3-6,18H,2,7H2,1H3,(H,19,20). The van der Waals surface area contributed by atoms with E-state index in [1.54, 1.807) is 6.92 Å². The molecule has 1 amide bonds. The second-order valence-electron chi connectivity index (χ2n) is 4.22. The van der Waals surface area contributed by atoms with Crippen molar-refractivity contribution >= 4 is 38.9 Å². The number of thiophene rings is 1. The van der Waals surface area contributed by atoms with Gasteiger partial charge in [0.2, 0.25) is 0 Å². The Morgan fingerprint density at radius 1 is 1.33 bits per heavy atom. The Labute approximate surface area is 133 Å². The molecule has 112 valence electrons. The summed E-state index contributed by atoms with van der Waals surface area (Å²) in [6.07, 6.45) is 0. The molecule has 0 aliphatic carbocycles. The zero-order valence-electron chi connectivity index (χ0n) is 11.2. The Morgan fingerprint density at radius 3 is 2.52 bits per heavy atom. The second-order valence-corrected chi connectivity index (χ2v) is 6.07. The van der Waals surface area contributed by atoms with Gasteiger partial charge in [0.05, 0.1) is 6.54 Å². The highest BCUT2D eigenvalue weighted by molar-refractivity contribution is 9.10. The Morgan fingerprint density at radius 2 is 2.00 bits per heavy atom. The summed E-state index contributed by atoms with van der Waals surface area (Å²) in [5.41, 5.74) is -0.255. The highest BCUT2D eigenvalue weighted by atomic mass is 79.9. The maximum absolute atomic E-state index is 13.7. The van der Waals surface area contributed by atoms with Crippen LogP contribution in [0.5, 0.6) is 0 Å². The van der Waals surface area contributed by atoms with Crippen LogP contribution in [0.1, 0.15) is 22.2 Å². The second kappa shape index (κ2) is 7.00. The number of amides is 1. The van der Waals surface area contributed by atoms with E-state index in [1.165, 1.54) is 11.3 Å². The van der Waals surface area contributed by atoms with Gasteiger partial charge >= 0.3 is 0 Å². The number of carbonyl (C=O) groups excluding carboxylic acids is 1. The quantitative estimate of drug-likeness (QED) is 0.825. The molecule has 21 heavy (non-hydrogen) atoms. The lowest BCUT2D eigenvalue weighted by Crippen LogP contribution is -2.23. The fraction of sp³-hybridized carbons (Fsp3) is 0.214. The summed E-state index contributed by atoms with van der Waals surface area (Å²) < 4.78 is 28.4. The number of nitrogens with one attached hydrogen (secondary N) is 2. The van der Waals surface area contributed by atoms with Gasteiger partial charge in [-0.2, -0.15) is 0 Å². The van der Waals surface area contributed by atoms with Gasteiger partial charge in [-0.15, -0.1) is 11.3 Å². The molecule has 2 N–H and O–H groups in total. The van der Waals surface area contributed by atoms with Gasteiger partial charge in [-0.25, -0.2) is 8.78 Å². The number of halogens is 3. The van der Waals surface area contributed by atoms with E-state index in [9.17, 15) is 13.6 Å². The molecule has 0 spiro atoms. The molecule has 0 unspecified atom stereocenters. The monoisotopic (exact) mass is 374 g/mol. The molecule has 1 aromatic heterocycles. The lowest BCUT2D eigenvalue weighted by Gasteiger charge is -2.09. The summed E-state index contributed by atoms with van der Waals surface area (Å²) in [5, 5.41) is 7.11. The van der Waals surface area contributed by atoms with Crippen molar-refractivity contribution in [2.75, 3.05) is 11.9 Å². The fourth-order valence-electron chi connectivity index (χ4n) is 1.76. The molecule has 0 aliphatic heterocycles. The van der Waals surface area contributed by atoms with Crippen LogP contribution in [-0.2, 0) is 6.54 Å². The largest absolute Gasteiger partial charge is 0.381 e. The molecule has 1 aromatic carbocycles. The molecule has 0 fully saturated rings. The van der Waals surface area contributed by atoms with Gasteiger partial charge in [0.1, 0.15) is 17.3 Å². The molecule has 0 saturated heterocycles. The van der Waals surface area contributed by atoms with Crippen molar-refractivity contribution in [3.8, 4) is 0 Å². The molecule has 0 bridgehead atoms. The number of rotatable bonds is 5. The molecule has 3 nitrogen and oxygen atoms in total. The number of anilines is 1. The van der Waals surface area contributed by atoms with Crippen molar-refractivity contribution in [2.24, 2.45) is 0 Å². The summed E-state index contributed by atoms with van der Waals surface area (Å²) in [4.78, 5) is 12.9. The number of benzene rings is 1. The smallest absolute Gasteiger partial charge is 0.251 e. The minimum absolute atomic E-state index is 0.0423. The van der Waals surface area contributed by atoms with Crippen LogP contribution in [0, 0.1) is 11.6 Å². The zero-order valence-corrected chi connectivity index (χ0v) is 13.6. The predicted molar refractivity (Wildman–Crippen MR) is 83.7 cm³/mol. The Hall–Kier alpha value is -1.47. The zero-order chi connectivity index (χ0) is 15.4. The highest BCUT2D eigenvalue weighted by Gasteiger charge is 2.15. The van der Waals surface area contributed by atoms with Crippen LogP contribution in [0.15, 0.2) is 28.1 Å². The van der Waals surface area contributed by atoms with Gasteiger partial charge < -0.3 is 10.6 Å². The predicted octanol–water partition coefficient (Wildman–Crippen LogP) is 4.15. The maximum atomic E-state index is 13.7. The topological polar surface area (TPSA) is 41.1 Å². The van der Waals surface area contributed by atoms with Crippen LogP contribution < -0.4 is 10.6 Å². The average molecular weight is 375 g/mol. The van der Waals surface area contributed by atoms with Crippen LogP contribution in [0.2, 0.25) is 0 Å². The van der Waals surface area contributed by atoms with Crippen molar-refractivity contribution in [2.45, 2.75) is 13.5 Å². The van der Waals surface area contributed by atoms with Gasteiger partial charge in [-0.05, 0) is 46.4 Å². The van der Waals surface area contributed by atoms with E-state index in [1.807, 2.05) is 11.4 Å². The van der Waals surface area contributed by atoms with E-state index >= 15 is 0 Å². The van der Waals surface area contributed by atoms with Crippen molar-refractivity contribution in [3.63, 3.8) is 0 Å². The Kier molecular flexibility index (Phi) is 5.30. The number of hydrogen-bond acceptors (Lipinski definition) is 3. The van der Waals surface area contributed by atoms with E-state index in [0.717, 1.165) is 21.5 Å². The lowest BCUT2D eigenvalue weighted by atomic mass is 10.1. The van der Waals surface area contributed by atoms with Crippen molar-refractivity contribution in [1.29, 1.82) is 0 Å². The molecular formula is C14H13BrF2N2OS. The third-order valence-corrected chi connectivity index (χ3v) is 4.68. The van der Waals surface area contributed by atoms with E-state index in [-0.39, 0.29) is 11.3 Å². The summed E-state index contributed by atoms with van der Waals surface area (Å²) in [6, 6.07) is 3.93. The Balaban J connectivity index is 2.11. The Bertz CT molecular complexity index is 637. The van der Waals surface area contributed by atoms with Gasteiger partial charge in [-0.3, -0.25) is 4.79 Å². The SMILES string of the molecule is CCNc1c(F)cc(C(=O)NCc2sccc2Br)cc1F. The molecule has 1 heterocycles. The van der Waals surface area contributed by atoms with Crippen LogP contribution in [-0.4, -0.2) is 12.5 Å². The minimum Gasteiger partial charge on any atom is -0.381 e. The van der Waals surface area contributed by atoms with Gasteiger partial charge in [0.25, 0.3) is 5.91 Å². The summed E-state index contributed by atoms with van der Waals surface area (Å²) in [7, 11) is 0. The first kappa shape index (κ1) is 15.9. The molecule has 2 aromatic rings. The van der Waals surface area contributed by atoms with Crippen LogP contribution in [0.25, 0.3) is 0 Å². The molecule has 0 saturated carbocycles. The molecule has 0 aliphatic rings. The lowest BCUT2D eigenvalue weighted by molar-refractivity contribution is 0.0950. The fourth-order valence-corrected chi connectivity index (χ4v) is 3.20. The molecule has 0 atom stereocenters. The van der Waals surface area contributed by atoms with Crippen molar-refractivity contribution in [3.05, 3.63) is 50.1 Å². The highest BCUT2D eigenvalue weighted by Crippen LogP contribution is 2.23. The van der Waals surface area contributed by atoms with Crippen LogP contribution >= 0.6 is 27.3 Å². The van der Waals surface area contributed by atoms with Crippen LogP contribution in [0.3, 0.4) is 0 Å². The van der Waals surface area contributed by atoms with E-state index in [0.29, 0.717) is 13.1 Å². The van der Waals surface area contributed by atoms with Crippen LogP contribution in [0.4, 0.5) is 14.5 Å². The molecule has 0 radical (unpaired) electrons. The molecular weight excluding hydrogens is 362 g/mol. The molecule has 7 heteroatoms. The summed E-state index contributed by atoms with van der Waals surface area (Å²) in [5.74, 6) is -2.07. The average Bonchev–Trinajstić information content (AvgIpc) is 2.85. The van der Waals surface area contributed by atoms with E-state index in [4.69, 9.17) is 0 Å². The number of carbonyl (C=O) groups is 1. The summed E-state index contributed by atoms with van der Waals surface area (Å²) >= 11 is 4.84. The minimum atomic E-state index is -0.778. The van der Waals surface area contributed by atoms with Gasteiger partial charge in [0.15, 0.2) is 0 Å². The number of hydrogen-bond donors (Lipinski definition) is 2. The first-order valence-electron chi connectivity index (χ1n) is 6.26. The summed E-state index contributed by atoms with van der Waals surface area (Å²) in [6.45, 7) is 2.43. The third-order valence-electron chi connectivity index (χ3n) is 2.76. The molecule has 2 rings (SSSR count). The van der Waals surface area contributed by atoms with E-state index in [2.05, 4.69) is 26.6 Å².